The number of benzene rings is 3. The molecule has 0 radical (unpaired) electrons. The van der Waals surface area contributed by atoms with E-state index in [0.717, 1.165) is 5.56 Å². The number of nitrogens with one attached hydrogen (secondary N) is 2. The fourth-order valence-corrected chi connectivity index (χ4v) is 4.32. The Morgan fingerprint density at radius 1 is 0.862 bits per heavy atom. The van der Waals surface area contributed by atoms with Crippen LogP contribution < -0.4 is 10.0 Å². The second-order valence-electron chi connectivity index (χ2n) is 6.16. The molecule has 0 saturated heterocycles. The maximum absolute atomic E-state index is 12.5. The molecule has 0 aliphatic rings. The van der Waals surface area contributed by atoms with Gasteiger partial charge in [-0.3, -0.25) is 9.52 Å². The predicted octanol–water partition coefficient (Wildman–Crippen LogP) is 6.01. The van der Waals surface area contributed by atoms with Gasteiger partial charge in [0, 0.05) is 5.56 Å². The smallest absolute Gasteiger partial charge is 0.261 e. The van der Waals surface area contributed by atoms with Gasteiger partial charge >= 0.3 is 0 Å². The Kier molecular flexibility index (Phi) is 6.39. The van der Waals surface area contributed by atoms with Crippen LogP contribution in [0.15, 0.2) is 65.6 Å². The summed E-state index contributed by atoms with van der Waals surface area (Å²) in [6, 6.07) is 15.5. The van der Waals surface area contributed by atoms with Crippen molar-refractivity contribution in [1.29, 1.82) is 0 Å². The molecule has 3 rings (SSSR count). The van der Waals surface area contributed by atoms with E-state index >= 15 is 0 Å². The van der Waals surface area contributed by atoms with E-state index in [9.17, 15) is 13.2 Å². The summed E-state index contributed by atoms with van der Waals surface area (Å²) in [6.07, 6.45) is 0. The Morgan fingerprint density at radius 3 is 2.07 bits per heavy atom. The summed E-state index contributed by atoms with van der Waals surface area (Å²) in [6.45, 7) is 1.86. The van der Waals surface area contributed by atoms with Crippen molar-refractivity contribution in [2.45, 2.75) is 11.8 Å². The van der Waals surface area contributed by atoms with Gasteiger partial charge in [0.15, 0.2) is 0 Å². The zero-order valence-electron chi connectivity index (χ0n) is 15.0. The number of hydrogen-bond donors (Lipinski definition) is 2. The number of halogens is 3. The van der Waals surface area contributed by atoms with E-state index in [2.05, 4.69) is 10.0 Å². The highest BCUT2D eigenvalue weighted by molar-refractivity contribution is 7.92. The highest BCUT2D eigenvalue weighted by atomic mass is 35.5. The first-order valence-corrected chi connectivity index (χ1v) is 10.9. The molecule has 0 saturated carbocycles. The lowest BCUT2D eigenvalue weighted by molar-refractivity contribution is 0.102. The average molecular weight is 470 g/mol. The topological polar surface area (TPSA) is 75.3 Å². The van der Waals surface area contributed by atoms with E-state index < -0.39 is 15.9 Å². The van der Waals surface area contributed by atoms with E-state index in [1.165, 1.54) is 30.3 Å². The number of carbonyl (C=O) groups is 1. The lowest BCUT2D eigenvalue weighted by Gasteiger charge is -2.12. The first kappa shape index (κ1) is 21.5. The molecule has 0 heterocycles. The molecule has 0 aromatic heterocycles. The number of anilines is 2. The number of hydrogen-bond acceptors (Lipinski definition) is 3. The van der Waals surface area contributed by atoms with Gasteiger partial charge in [-0.25, -0.2) is 8.42 Å². The Balaban J connectivity index is 1.81. The Labute approximate surface area is 183 Å². The molecule has 1 amide bonds. The Hall–Kier alpha value is -2.25. The molecular weight excluding hydrogens is 455 g/mol. The number of amides is 1. The maximum Gasteiger partial charge on any atom is 0.261 e. The van der Waals surface area contributed by atoms with Crippen LogP contribution in [0.4, 0.5) is 11.4 Å². The summed E-state index contributed by atoms with van der Waals surface area (Å²) >= 11 is 18.3. The van der Waals surface area contributed by atoms with Gasteiger partial charge < -0.3 is 5.32 Å². The van der Waals surface area contributed by atoms with Crippen LogP contribution in [-0.2, 0) is 10.0 Å². The summed E-state index contributed by atoms with van der Waals surface area (Å²) in [5, 5.41) is 3.27. The molecule has 9 heteroatoms. The second kappa shape index (κ2) is 8.63. The third kappa shape index (κ3) is 5.03. The van der Waals surface area contributed by atoms with Gasteiger partial charge in [-0.15, -0.1) is 0 Å². The number of carbonyl (C=O) groups excluding carboxylic acids is 1. The third-order valence-electron chi connectivity index (χ3n) is 4.01. The predicted molar refractivity (Wildman–Crippen MR) is 118 cm³/mol. The van der Waals surface area contributed by atoms with Crippen molar-refractivity contribution >= 4 is 62.1 Å². The summed E-state index contributed by atoms with van der Waals surface area (Å²) in [4.78, 5) is 12.6. The molecule has 0 fully saturated rings. The number of rotatable bonds is 5. The summed E-state index contributed by atoms with van der Waals surface area (Å²) in [7, 11) is -3.82. The monoisotopic (exact) mass is 468 g/mol. The van der Waals surface area contributed by atoms with Crippen molar-refractivity contribution in [1.82, 2.24) is 0 Å². The maximum atomic E-state index is 12.5. The highest BCUT2D eigenvalue weighted by Crippen LogP contribution is 2.31. The Bertz CT molecular complexity index is 1160. The fourth-order valence-electron chi connectivity index (χ4n) is 2.46. The van der Waals surface area contributed by atoms with Crippen LogP contribution in [0.25, 0.3) is 0 Å². The first-order chi connectivity index (χ1) is 13.7. The van der Waals surface area contributed by atoms with Gasteiger partial charge in [-0.2, -0.15) is 0 Å². The molecule has 0 aliphatic carbocycles. The summed E-state index contributed by atoms with van der Waals surface area (Å²) in [5.74, 6) is -0.491. The Morgan fingerprint density at radius 2 is 1.48 bits per heavy atom. The standard InChI is InChI=1S/C20H15Cl3N2O3S/c1-12-5-8-14(9-6-12)29(27,28)25-18-10-7-13(11-17(18)23)20(26)24-19-15(21)3-2-4-16(19)22/h2-11,25H,1H3,(H,24,26). The molecule has 5 nitrogen and oxygen atoms in total. The van der Waals surface area contributed by atoms with E-state index in [-0.39, 0.29) is 26.9 Å². The molecular formula is C20H15Cl3N2O3S. The molecule has 0 unspecified atom stereocenters. The van der Waals surface area contributed by atoms with E-state index in [4.69, 9.17) is 34.8 Å². The highest BCUT2D eigenvalue weighted by Gasteiger charge is 2.17. The SMILES string of the molecule is Cc1ccc(S(=O)(=O)Nc2ccc(C(=O)Nc3c(Cl)cccc3Cl)cc2Cl)cc1. The molecule has 0 spiro atoms. The molecule has 3 aromatic carbocycles. The van der Waals surface area contributed by atoms with Crippen LogP contribution in [0.2, 0.25) is 15.1 Å². The van der Waals surface area contributed by atoms with E-state index in [1.807, 2.05) is 6.92 Å². The quantitative estimate of drug-likeness (QED) is 0.480. The van der Waals surface area contributed by atoms with Crippen LogP contribution in [-0.4, -0.2) is 14.3 Å². The number of para-hydroxylation sites is 1. The van der Waals surface area contributed by atoms with Gasteiger partial charge in [0.25, 0.3) is 15.9 Å². The van der Waals surface area contributed by atoms with Gasteiger partial charge in [0.05, 0.1) is 31.3 Å². The van der Waals surface area contributed by atoms with Gasteiger partial charge in [-0.05, 0) is 49.4 Å². The minimum atomic E-state index is -3.82. The normalized spacial score (nSPS) is 11.2. The van der Waals surface area contributed by atoms with Gasteiger partial charge in [-0.1, -0.05) is 58.6 Å². The van der Waals surface area contributed by atoms with Crippen LogP contribution in [0, 0.1) is 6.92 Å². The van der Waals surface area contributed by atoms with Crippen LogP contribution in [0.1, 0.15) is 15.9 Å². The van der Waals surface area contributed by atoms with Crippen molar-refractivity contribution in [3.8, 4) is 0 Å². The average Bonchev–Trinajstić information content (AvgIpc) is 2.66. The number of sulfonamides is 1. The lowest BCUT2D eigenvalue weighted by Crippen LogP contribution is -2.15. The minimum absolute atomic E-state index is 0.0681. The molecule has 150 valence electrons. The molecule has 3 aromatic rings. The lowest BCUT2D eigenvalue weighted by atomic mass is 10.2. The minimum Gasteiger partial charge on any atom is -0.319 e. The van der Waals surface area contributed by atoms with Crippen LogP contribution in [0.3, 0.4) is 0 Å². The second-order valence-corrected chi connectivity index (χ2v) is 9.07. The van der Waals surface area contributed by atoms with Crippen molar-refractivity contribution < 1.29 is 13.2 Å². The van der Waals surface area contributed by atoms with Crippen LogP contribution in [0.5, 0.6) is 0 Å². The van der Waals surface area contributed by atoms with Crippen molar-refractivity contribution in [2.75, 3.05) is 10.0 Å². The van der Waals surface area contributed by atoms with Crippen molar-refractivity contribution in [3.63, 3.8) is 0 Å². The van der Waals surface area contributed by atoms with Gasteiger partial charge in [0.1, 0.15) is 0 Å². The van der Waals surface area contributed by atoms with Crippen LogP contribution >= 0.6 is 34.8 Å². The molecule has 29 heavy (non-hydrogen) atoms. The van der Waals surface area contributed by atoms with E-state index in [1.54, 1.807) is 30.3 Å². The molecule has 0 atom stereocenters. The molecule has 0 bridgehead atoms. The number of aryl methyl sites for hydroxylation is 1. The van der Waals surface area contributed by atoms with E-state index in [0.29, 0.717) is 10.0 Å². The summed E-state index contributed by atoms with van der Waals surface area (Å²) < 4.78 is 27.5. The van der Waals surface area contributed by atoms with Crippen molar-refractivity contribution in [2.24, 2.45) is 0 Å². The fraction of sp³-hybridized carbons (Fsp3) is 0.0500. The third-order valence-corrected chi connectivity index (χ3v) is 6.33. The molecule has 0 aliphatic heterocycles. The molecule has 2 N–H and O–H groups in total. The zero-order chi connectivity index (χ0) is 21.2. The van der Waals surface area contributed by atoms with Crippen molar-refractivity contribution in [3.05, 3.63) is 86.9 Å². The zero-order valence-corrected chi connectivity index (χ0v) is 18.1. The summed E-state index contributed by atoms with van der Waals surface area (Å²) in [5.41, 5.74) is 1.58. The largest absolute Gasteiger partial charge is 0.319 e. The first-order valence-electron chi connectivity index (χ1n) is 8.32. The van der Waals surface area contributed by atoms with Gasteiger partial charge in [0.2, 0.25) is 0 Å².